The minimum atomic E-state index is -0.0962. The summed E-state index contributed by atoms with van der Waals surface area (Å²) in [5, 5.41) is 0.983. The van der Waals surface area contributed by atoms with E-state index in [9.17, 15) is 9.59 Å². The van der Waals surface area contributed by atoms with E-state index >= 15 is 0 Å². The molecule has 5 nitrogen and oxygen atoms in total. The fourth-order valence-corrected chi connectivity index (χ4v) is 3.96. The molecule has 1 aliphatic rings. The van der Waals surface area contributed by atoms with Crippen molar-refractivity contribution in [3.8, 4) is 0 Å². The lowest BCUT2D eigenvalue weighted by Crippen LogP contribution is -2.20. The van der Waals surface area contributed by atoms with Crippen molar-refractivity contribution in [1.29, 1.82) is 0 Å². The van der Waals surface area contributed by atoms with E-state index < -0.39 is 0 Å². The number of pyridine rings is 2. The minimum Gasteiger partial charge on any atom is -0.288 e. The van der Waals surface area contributed by atoms with Crippen molar-refractivity contribution >= 4 is 39.0 Å². The molecule has 0 atom stereocenters. The molecule has 1 aliphatic heterocycles. The predicted molar refractivity (Wildman–Crippen MR) is 92.7 cm³/mol. The number of para-hydroxylation sites is 1. The number of benzene rings is 1. The molecule has 116 valence electrons. The molecule has 1 saturated heterocycles. The Morgan fingerprint density at radius 3 is 2.61 bits per heavy atom. The highest BCUT2D eigenvalue weighted by molar-refractivity contribution is 8.11. The third-order valence-corrected chi connectivity index (χ3v) is 5.09. The Kier molecular flexibility index (Phi) is 3.63. The van der Waals surface area contributed by atoms with Gasteiger partial charge in [0.25, 0.3) is 0 Å². The van der Waals surface area contributed by atoms with Gasteiger partial charge < -0.3 is 0 Å². The number of nitrogens with zero attached hydrogens (tertiary/aromatic N) is 3. The maximum atomic E-state index is 12.9. The van der Waals surface area contributed by atoms with Gasteiger partial charge in [-0.05, 0) is 31.0 Å². The Balaban J connectivity index is 1.96. The van der Waals surface area contributed by atoms with Crippen LogP contribution in [0.2, 0.25) is 0 Å². The summed E-state index contributed by atoms with van der Waals surface area (Å²) in [5.74, 6) is 0. The van der Waals surface area contributed by atoms with Crippen LogP contribution >= 0.6 is 11.9 Å². The molecule has 0 N–H and O–H groups in total. The summed E-state index contributed by atoms with van der Waals surface area (Å²) >= 11 is 1.22. The van der Waals surface area contributed by atoms with Gasteiger partial charge in [-0.1, -0.05) is 12.1 Å². The smallest absolute Gasteiger partial charge is 0.288 e. The molecule has 0 bridgehead atoms. The van der Waals surface area contributed by atoms with Crippen LogP contribution in [0.3, 0.4) is 0 Å². The van der Waals surface area contributed by atoms with Gasteiger partial charge in [-0.2, -0.15) is 0 Å². The molecule has 1 fully saturated rings. The van der Waals surface area contributed by atoms with Gasteiger partial charge in [0, 0.05) is 42.0 Å². The van der Waals surface area contributed by atoms with Crippen LogP contribution < -0.4 is 5.43 Å². The zero-order valence-corrected chi connectivity index (χ0v) is 13.3. The molecule has 0 unspecified atom stereocenters. The molecule has 6 heteroatoms. The first kappa shape index (κ1) is 14.4. The zero-order chi connectivity index (χ0) is 15.8. The lowest BCUT2D eigenvalue weighted by atomic mass is 10.1. The van der Waals surface area contributed by atoms with Gasteiger partial charge in [0.1, 0.15) is 0 Å². The molecule has 4 rings (SSSR count). The van der Waals surface area contributed by atoms with Gasteiger partial charge in [0.05, 0.1) is 17.2 Å². The van der Waals surface area contributed by atoms with Crippen molar-refractivity contribution in [2.75, 3.05) is 13.1 Å². The lowest BCUT2D eigenvalue weighted by molar-refractivity contribution is 0.262. The number of hydrogen-bond donors (Lipinski definition) is 0. The maximum Gasteiger partial charge on any atom is 0.305 e. The van der Waals surface area contributed by atoms with Crippen molar-refractivity contribution in [2.45, 2.75) is 12.8 Å². The summed E-state index contributed by atoms with van der Waals surface area (Å²) in [6.07, 6.45) is 5.41. The van der Waals surface area contributed by atoms with Gasteiger partial charge >= 0.3 is 5.24 Å². The molecule has 0 aliphatic carbocycles. The summed E-state index contributed by atoms with van der Waals surface area (Å²) in [6, 6.07) is 8.91. The minimum absolute atomic E-state index is 0.0618. The van der Waals surface area contributed by atoms with Crippen LogP contribution in [0.1, 0.15) is 12.8 Å². The highest BCUT2D eigenvalue weighted by Crippen LogP contribution is 2.25. The van der Waals surface area contributed by atoms with Crippen LogP contribution in [0.4, 0.5) is 4.79 Å². The van der Waals surface area contributed by atoms with Crippen molar-refractivity contribution in [3.63, 3.8) is 0 Å². The maximum absolute atomic E-state index is 12.9. The Hall–Kier alpha value is -2.18. The van der Waals surface area contributed by atoms with E-state index in [4.69, 9.17) is 0 Å². The average molecular weight is 325 g/mol. The van der Waals surface area contributed by atoms with Crippen LogP contribution in [-0.4, -0.2) is 32.2 Å². The molecule has 3 aromatic rings. The standard InChI is InChI=1S/C17H15N3O2S/c21-16-12-5-1-2-6-14(12)20(15-11-18-8-7-13(15)16)17(22)23-19-9-3-4-10-19/h1-2,5-8,11H,3-4,9-10H2. The van der Waals surface area contributed by atoms with E-state index in [1.165, 1.54) is 11.9 Å². The number of aromatic nitrogens is 2. The quantitative estimate of drug-likeness (QED) is 0.508. The van der Waals surface area contributed by atoms with Crippen LogP contribution in [0.25, 0.3) is 21.8 Å². The number of carbonyl (C=O) groups is 1. The Labute approximate surface area is 137 Å². The third-order valence-electron chi connectivity index (χ3n) is 4.13. The topological polar surface area (TPSA) is 55.2 Å². The molecular weight excluding hydrogens is 310 g/mol. The first-order valence-corrected chi connectivity index (χ1v) is 8.38. The van der Waals surface area contributed by atoms with Gasteiger partial charge in [0.2, 0.25) is 0 Å². The summed E-state index contributed by atoms with van der Waals surface area (Å²) < 4.78 is 3.69. The monoisotopic (exact) mass is 325 g/mol. The molecule has 1 aromatic carbocycles. The molecule has 0 radical (unpaired) electrons. The number of rotatable bonds is 1. The molecule has 23 heavy (non-hydrogen) atoms. The van der Waals surface area contributed by atoms with E-state index in [0.29, 0.717) is 21.8 Å². The van der Waals surface area contributed by atoms with Crippen molar-refractivity contribution < 1.29 is 4.79 Å². The van der Waals surface area contributed by atoms with E-state index in [0.717, 1.165) is 25.9 Å². The van der Waals surface area contributed by atoms with Crippen LogP contribution in [0, 0.1) is 0 Å². The van der Waals surface area contributed by atoms with Crippen LogP contribution in [0.15, 0.2) is 47.5 Å². The van der Waals surface area contributed by atoms with E-state index in [-0.39, 0.29) is 10.7 Å². The Bertz CT molecular complexity index is 901. The molecular formula is C17H15N3O2S. The number of carbonyl (C=O) groups excluding carboxylic acids is 1. The fraction of sp³-hybridized carbons (Fsp3) is 0.235. The van der Waals surface area contributed by atoms with Crippen molar-refractivity contribution in [1.82, 2.24) is 13.9 Å². The summed E-state index contributed by atoms with van der Waals surface area (Å²) in [7, 11) is 0. The lowest BCUT2D eigenvalue weighted by Gasteiger charge is -2.16. The Morgan fingerprint density at radius 2 is 1.78 bits per heavy atom. The molecule has 0 amide bonds. The first-order chi connectivity index (χ1) is 11.3. The third kappa shape index (κ3) is 2.44. The normalized spacial score (nSPS) is 15.5. The molecule has 3 heterocycles. The second kappa shape index (κ2) is 5.79. The second-order valence-electron chi connectivity index (χ2n) is 5.57. The summed E-state index contributed by atoms with van der Waals surface area (Å²) in [5.41, 5.74) is 1.14. The largest absolute Gasteiger partial charge is 0.305 e. The van der Waals surface area contributed by atoms with Gasteiger partial charge in [-0.25, -0.2) is 4.31 Å². The van der Waals surface area contributed by atoms with E-state index in [2.05, 4.69) is 9.29 Å². The number of hydrogen-bond acceptors (Lipinski definition) is 5. The highest BCUT2D eigenvalue weighted by Gasteiger charge is 2.21. The zero-order valence-electron chi connectivity index (χ0n) is 12.4. The number of fused-ring (bicyclic) bond motifs is 2. The van der Waals surface area contributed by atoms with Crippen LogP contribution in [-0.2, 0) is 0 Å². The highest BCUT2D eigenvalue weighted by atomic mass is 32.2. The van der Waals surface area contributed by atoms with E-state index in [1.807, 2.05) is 18.2 Å². The van der Waals surface area contributed by atoms with Gasteiger partial charge in [-0.3, -0.25) is 19.1 Å². The van der Waals surface area contributed by atoms with Gasteiger partial charge in [-0.15, -0.1) is 0 Å². The first-order valence-electron chi connectivity index (χ1n) is 7.60. The molecule has 0 spiro atoms. The second-order valence-corrected chi connectivity index (χ2v) is 6.62. The van der Waals surface area contributed by atoms with Crippen molar-refractivity contribution in [3.05, 3.63) is 52.9 Å². The Morgan fingerprint density at radius 1 is 1.04 bits per heavy atom. The van der Waals surface area contributed by atoms with E-state index in [1.54, 1.807) is 29.1 Å². The summed E-state index contributed by atoms with van der Waals surface area (Å²) in [6.45, 7) is 1.84. The van der Waals surface area contributed by atoms with Crippen molar-refractivity contribution in [2.24, 2.45) is 0 Å². The molecule has 2 aromatic heterocycles. The van der Waals surface area contributed by atoms with Gasteiger partial charge in [0.15, 0.2) is 5.43 Å². The summed E-state index contributed by atoms with van der Waals surface area (Å²) in [4.78, 5) is 29.6. The fourth-order valence-electron chi connectivity index (χ4n) is 3.02. The van der Waals surface area contributed by atoms with Crippen LogP contribution in [0.5, 0.6) is 0 Å². The SMILES string of the molecule is O=C(SN1CCCC1)n1c2ccccc2c(=O)c2ccncc21. The predicted octanol–water partition coefficient (Wildman–Crippen LogP) is 3.26. The molecule has 0 saturated carbocycles. The average Bonchev–Trinajstić information content (AvgIpc) is 3.08.